The predicted molar refractivity (Wildman–Crippen MR) is 86.5 cm³/mol. The van der Waals surface area contributed by atoms with Gasteiger partial charge >= 0.3 is 0 Å². The van der Waals surface area contributed by atoms with Gasteiger partial charge in [0.15, 0.2) is 5.16 Å². The molecule has 0 aliphatic rings. The first kappa shape index (κ1) is 13.6. The van der Waals surface area contributed by atoms with Crippen LogP contribution in [0.1, 0.15) is 5.56 Å². The molecule has 0 saturated carbocycles. The van der Waals surface area contributed by atoms with Gasteiger partial charge in [-0.05, 0) is 35.9 Å². The summed E-state index contributed by atoms with van der Waals surface area (Å²) in [6, 6.07) is 11.3. The van der Waals surface area contributed by atoms with Gasteiger partial charge in [-0.1, -0.05) is 41.0 Å². The van der Waals surface area contributed by atoms with E-state index in [4.69, 9.17) is 28.9 Å². The van der Waals surface area contributed by atoms with Crippen molar-refractivity contribution in [2.24, 2.45) is 0 Å². The van der Waals surface area contributed by atoms with Crippen molar-refractivity contribution in [3.8, 4) is 0 Å². The normalized spacial score (nSPS) is 11.1. The van der Waals surface area contributed by atoms with Crippen molar-refractivity contribution in [2.75, 3.05) is 5.73 Å². The predicted octanol–water partition coefficient (Wildman–Crippen LogP) is 4.74. The number of halogens is 2. The molecule has 0 amide bonds. The van der Waals surface area contributed by atoms with Gasteiger partial charge in [0.25, 0.3) is 0 Å². The van der Waals surface area contributed by atoms with Crippen LogP contribution in [-0.4, -0.2) is 9.97 Å². The summed E-state index contributed by atoms with van der Waals surface area (Å²) in [5, 5.41) is 2.00. The molecule has 1 heterocycles. The number of rotatable bonds is 3. The SMILES string of the molecule is Nc1ccc2nc(SCc3ccc(Cl)c(Cl)c3)[nH]c2c1. The van der Waals surface area contributed by atoms with Crippen LogP contribution in [0.4, 0.5) is 5.69 Å². The summed E-state index contributed by atoms with van der Waals surface area (Å²) in [6.45, 7) is 0. The highest BCUT2D eigenvalue weighted by Gasteiger charge is 2.05. The lowest BCUT2D eigenvalue weighted by molar-refractivity contribution is 1.08. The van der Waals surface area contributed by atoms with E-state index in [9.17, 15) is 0 Å². The highest BCUT2D eigenvalue weighted by molar-refractivity contribution is 7.98. The molecule has 0 spiro atoms. The molecule has 0 atom stereocenters. The fourth-order valence-corrected chi connectivity index (χ4v) is 3.00. The van der Waals surface area contributed by atoms with Crippen LogP contribution in [0.3, 0.4) is 0 Å². The number of benzene rings is 2. The van der Waals surface area contributed by atoms with E-state index in [1.54, 1.807) is 17.8 Å². The fraction of sp³-hybridized carbons (Fsp3) is 0.0714. The molecule has 3 rings (SSSR count). The van der Waals surface area contributed by atoms with Gasteiger partial charge in [0.1, 0.15) is 0 Å². The Bertz CT molecular complexity index is 770. The van der Waals surface area contributed by atoms with E-state index >= 15 is 0 Å². The third-order valence-electron chi connectivity index (χ3n) is 2.84. The molecule has 0 aliphatic heterocycles. The van der Waals surface area contributed by atoms with E-state index in [0.29, 0.717) is 10.0 Å². The molecule has 3 aromatic rings. The van der Waals surface area contributed by atoms with Crippen molar-refractivity contribution >= 4 is 51.7 Å². The molecule has 102 valence electrons. The van der Waals surface area contributed by atoms with Gasteiger partial charge in [-0.25, -0.2) is 4.98 Å². The largest absolute Gasteiger partial charge is 0.399 e. The van der Waals surface area contributed by atoms with Crippen LogP contribution in [0.2, 0.25) is 10.0 Å². The van der Waals surface area contributed by atoms with Crippen molar-refractivity contribution in [2.45, 2.75) is 10.9 Å². The highest BCUT2D eigenvalue weighted by atomic mass is 35.5. The summed E-state index contributed by atoms with van der Waals surface area (Å²) < 4.78 is 0. The van der Waals surface area contributed by atoms with Gasteiger partial charge < -0.3 is 10.7 Å². The van der Waals surface area contributed by atoms with E-state index in [-0.39, 0.29) is 0 Å². The number of aromatic amines is 1. The number of nitrogen functional groups attached to an aromatic ring is 1. The monoisotopic (exact) mass is 323 g/mol. The second-order valence-corrected chi connectivity index (χ2v) is 6.13. The number of fused-ring (bicyclic) bond motifs is 1. The molecular formula is C14H11Cl2N3S. The lowest BCUT2D eigenvalue weighted by Crippen LogP contribution is -1.82. The zero-order valence-electron chi connectivity index (χ0n) is 10.4. The van der Waals surface area contributed by atoms with Crippen LogP contribution in [0, 0.1) is 0 Å². The van der Waals surface area contributed by atoms with Crippen molar-refractivity contribution in [3.63, 3.8) is 0 Å². The molecule has 0 saturated heterocycles. The van der Waals surface area contributed by atoms with E-state index in [2.05, 4.69) is 9.97 Å². The maximum Gasteiger partial charge on any atom is 0.166 e. The quantitative estimate of drug-likeness (QED) is 0.540. The number of hydrogen-bond donors (Lipinski definition) is 2. The first-order valence-electron chi connectivity index (χ1n) is 5.94. The zero-order chi connectivity index (χ0) is 14.1. The number of imidazole rings is 1. The van der Waals surface area contributed by atoms with Gasteiger partial charge in [-0.2, -0.15) is 0 Å². The third-order valence-corrected chi connectivity index (χ3v) is 4.53. The van der Waals surface area contributed by atoms with Gasteiger partial charge in [-0.3, -0.25) is 0 Å². The lowest BCUT2D eigenvalue weighted by Gasteiger charge is -2.01. The Labute approximate surface area is 130 Å². The molecule has 0 fully saturated rings. The molecule has 6 heteroatoms. The van der Waals surface area contributed by atoms with Crippen LogP contribution >= 0.6 is 35.0 Å². The van der Waals surface area contributed by atoms with Crippen LogP contribution in [0.15, 0.2) is 41.6 Å². The van der Waals surface area contributed by atoms with Crippen molar-refractivity contribution < 1.29 is 0 Å². The standard InChI is InChI=1S/C14H11Cl2N3S/c15-10-3-1-8(5-11(10)16)7-20-14-18-12-4-2-9(17)6-13(12)19-14/h1-6H,7,17H2,(H,18,19). The summed E-state index contributed by atoms with van der Waals surface area (Å²) in [7, 11) is 0. The average Bonchev–Trinajstić information content (AvgIpc) is 2.82. The van der Waals surface area contributed by atoms with Crippen LogP contribution < -0.4 is 5.73 Å². The summed E-state index contributed by atoms with van der Waals surface area (Å²) in [4.78, 5) is 7.75. The van der Waals surface area contributed by atoms with E-state index in [1.165, 1.54) is 0 Å². The Hall–Kier alpha value is -1.36. The van der Waals surface area contributed by atoms with Crippen LogP contribution in [0.5, 0.6) is 0 Å². The molecule has 0 radical (unpaired) electrons. The minimum absolute atomic E-state index is 0.569. The molecule has 20 heavy (non-hydrogen) atoms. The molecule has 0 aliphatic carbocycles. The molecule has 0 bridgehead atoms. The summed E-state index contributed by atoms with van der Waals surface area (Å²) in [5.41, 5.74) is 9.43. The maximum atomic E-state index is 6.00. The topological polar surface area (TPSA) is 54.7 Å². The number of hydrogen-bond acceptors (Lipinski definition) is 3. The second kappa shape index (κ2) is 5.56. The molecular weight excluding hydrogens is 313 g/mol. The molecule has 3 N–H and O–H groups in total. The number of nitrogens with two attached hydrogens (primary N) is 1. The number of thioether (sulfide) groups is 1. The Kier molecular flexibility index (Phi) is 3.78. The summed E-state index contributed by atoms with van der Waals surface area (Å²) >= 11 is 13.5. The lowest BCUT2D eigenvalue weighted by atomic mass is 10.2. The number of anilines is 1. The number of nitrogens with zero attached hydrogens (tertiary/aromatic N) is 1. The summed E-state index contributed by atoms with van der Waals surface area (Å²) in [5.74, 6) is 0.770. The fourth-order valence-electron chi connectivity index (χ4n) is 1.85. The maximum absolute atomic E-state index is 6.00. The summed E-state index contributed by atoms with van der Waals surface area (Å²) in [6.07, 6.45) is 0. The van der Waals surface area contributed by atoms with E-state index < -0.39 is 0 Å². The smallest absolute Gasteiger partial charge is 0.166 e. The van der Waals surface area contributed by atoms with Crippen LogP contribution in [-0.2, 0) is 5.75 Å². The van der Waals surface area contributed by atoms with E-state index in [0.717, 1.165) is 33.2 Å². The Morgan fingerprint density at radius 3 is 2.75 bits per heavy atom. The molecule has 3 nitrogen and oxygen atoms in total. The van der Waals surface area contributed by atoms with Crippen molar-refractivity contribution in [1.82, 2.24) is 9.97 Å². The molecule has 0 unspecified atom stereocenters. The van der Waals surface area contributed by atoms with Crippen LogP contribution in [0.25, 0.3) is 11.0 Å². The van der Waals surface area contributed by atoms with Gasteiger partial charge in [0.05, 0.1) is 21.1 Å². The highest BCUT2D eigenvalue weighted by Crippen LogP contribution is 2.27. The molecule has 1 aromatic heterocycles. The average molecular weight is 324 g/mol. The Morgan fingerprint density at radius 1 is 1.10 bits per heavy atom. The number of H-pyrrole nitrogens is 1. The minimum atomic E-state index is 0.569. The van der Waals surface area contributed by atoms with Gasteiger partial charge in [0, 0.05) is 11.4 Å². The van der Waals surface area contributed by atoms with Crippen molar-refractivity contribution in [1.29, 1.82) is 0 Å². The zero-order valence-corrected chi connectivity index (χ0v) is 12.7. The Morgan fingerprint density at radius 2 is 1.95 bits per heavy atom. The first-order chi connectivity index (χ1) is 9.61. The van der Waals surface area contributed by atoms with Gasteiger partial charge in [-0.15, -0.1) is 0 Å². The molecule has 2 aromatic carbocycles. The minimum Gasteiger partial charge on any atom is -0.399 e. The second-order valence-electron chi connectivity index (χ2n) is 4.36. The van der Waals surface area contributed by atoms with Gasteiger partial charge in [0.2, 0.25) is 0 Å². The van der Waals surface area contributed by atoms with E-state index in [1.807, 2.05) is 30.3 Å². The number of aromatic nitrogens is 2. The third kappa shape index (κ3) is 2.87. The van der Waals surface area contributed by atoms with Crippen molar-refractivity contribution in [3.05, 3.63) is 52.0 Å². The number of nitrogens with one attached hydrogen (secondary N) is 1. The Balaban J connectivity index is 1.77. The first-order valence-corrected chi connectivity index (χ1v) is 7.68.